The summed E-state index contributed by atoms with van der Waals surface area (Å²) >= 11 is 3.43. The summed E-state index contributed by atoms with van der Waals surface area (Å²) < 4.78 is 3.32. The number of aryl methyl sites for hydroxylation is 1. The number of nitrogens with zero attached hydrogens (tertiary/aromatic N) is 2. The molecule has 0 aliphatic carbocycles. The summed E-state index contributed by atoms with van der Waals surface area (Å²) in [6.45, 7) is 4.04. The first-order chi connectivity index (χ1) is 8.79. The maximum absolute atomic E-state index is 4.37. The third-order valence-electron chi connectivity index (χ3n) is 2.80. The van der Waals surface area contributed by atoms with Gasteiger partial charge in [0.15, 0.2) is 0 Å². The van der Waals surface area contributed by atoms with E-state index in [4.69, 9.17) is 0 Å². The Morgan fingerprint density at radius 3 is 2.78 bits per heavy atom. The average Bonchev–Trinajstić information content (AvgIpc) is 2.80. The summed E-state index contributed by atoms with van der Waals surface area (Å²) in [5.41, 5.74) is 1.15. The van der Waals surface area contributed by atoms with Gasteiger partial charge in [0.25, 0.3) is 0 Å². The van der Waals surface area contributed by atoms with Crippen molar-refractivity contribution in [2.24, 2.45) is 0 Å². The molecule has 0 fully saturated rings. The van der Waals surface area contributed by atoms with Gasteiger partial charge in [0.05, 0.1) is 0 Å². The van der Waals surface area contributed by atoms with E-state index in [2.05, 4.69) is 49.9 Å². The molecule has 18 heavy (non-hydrogen) atoms. The number of rotatable bonds is 6. The van der Waals surface area contributed by atoms with Crippen LogP contribution in [0.2, 0.25) is 0 Å². The molecule has 0 aliphatic heterocycles. The van der Waals surface area contributed by atoms with Crippen molar-refractivity contribution in [2.75, 3.05) is 11.9 Å². The van der Waals surface area contributed by atoms with Crippen molar-refractivity contribution in [3.8, 4) is 0 Å². The predicted molar refractivity (Wildman–Crippen MR) is 78.9 cm³/mol. The van der Waals surface area contributed by atoms with Crippen LogP contribution < -0.4 is 5.32 Å². The van der Waals surface area contributed by atoms with Crippen molar-refractivity contribution in [1.82, 2.24) is 9.55 Å². The van der Waals surface area contributed by atoms with Gasteiger partial charge in [-0.05, 0) is 30.7 Å². The Morgan fingerprint density at radius 2 is 2.06 bits per heavy atom. The number of hydrogen-bond donors (Lipinski definition) is 1. The fourth-order valence-electron chi connectivity index (χ4n) is 1.88. The SMILES string of the molecule is CCCc1nccn1CCNc1ccc(Br)cc1. The minimum Gasteiger partial charge on any atom is -0.383 e. The minimum absolute atomic E-state index is 0.911. The molecule has 4 heteroatoms. The fourth-order valence-corrected chi connectivity index (χ4v) is 2.15. The lowest BCUT2D eigenvalue weighted by Gasteiger charge is -2.09. The van der Waals surface area contributed by atoms with Crippen molar-refractivity contribution in [2.45, 2.75) is 26.3 Å². The zero-order valence-corrected chi connectivity index (χ0v) is 12.2. The van der Waals surface area contributed by atoms with E-state index in [1.54, 1.807) is 0 Å². The number of aromatic nitrogens is 2. The smallest absolute Gasteiger partial charge is 0.108 e. The van der Waals surface area contributed by atoms with Crippen LogP contribution in [0.15, 0.2) is 41.1 Å². The lowest BCUT2D eigenvalue weighted by atomic mass is 10.3. The molecule has 96 valence electrons. The van der Waals surface area contributed by atoms with Crippen LogP contribution in [0, 0.1) is 0 Å². The molecule has 0 radical (unpaired) electrons. The van der Waals surface area contributed by atoms with Crippen LogP contribution in [-0.4, -0.2) is 16.1 Å². The lowest BCUT2D eigenvalue weighted by molar-refractivity contribution is 0.663. The fraction of sp³-hybridized carbons (Fsp3) is 0.357. The largest absolute Gasteiger partial charge is 0.383 e. The molecule has 0 saturated carbocycles. The summed E-state index contributed by atoms with van der Waals surface area (Å²) in [5.74, 6) is 1.18. The van der Waals surface area contributed by atoms with Crippen molar-refractivity contribution < 1.29 is 0 Å². The highest BCUT2D eigenvalue weighted by molar-refractivity contribution is 9.10. The van der Waals surface area contributed by atoms with Crippen molar-refractivity contribution >= 4 is 21.6 Å². The van der Waals surface area contributed by atoms with Gasteiger partial charge in [-0.3, -0.25) is 0 Å². The summed E-state index contributed by atoms with van der Waals surface area (Å²) in [5, 5.41) is 3.41. The van der Waals surface area contributed by atoms with Gasteiger partial charge >= 0.3 is 0 Å². The summed E-state index contributed by atoms with van der Waals surface area (Å²) in [6, 6.07) is 8.24. The first-order valence-electron chi connectivity index (χ1n) is 6.29. The molecular weight excluding hydrogens is 290 g/mol. The normalized spacial score (nSPS) is 10.6. The molecule has 2 rings (SSSR count). The predicted octanol–water partition coefficient (Wildman–Crippen LogP) is 3.71. The van der Waals surface area contributed by atoms with Crippen LogP contribution in [0.5, 0.6) is 0 Å². The van der Waals surface area contributed by atoms with Crippen LogP contribution in [0.3, 0.4) is 0 Å². The van der Waals surface area contributed by atoms with E-state index in [-0.39, 0.29) is 0 Å². The molecule has 0 saturated heterocycles. The van der Waals surface area contributed by atoms with Crippen LogP contribution in [-0.2, 0) is 13.0 Å². The number of benzene rings is 1. The van der Waals surface area contributed by atoms with Crippen molar-refractivity contribution in [3.05, 3.63) is 47.0 Å². The topological polar surface area (TPSA) is 29.9 Å². The van der Waals surface area contributed by atoms with E-state index in [0.717, 1.165) is 36.1 Å². The van der Waals surface area contributed by atoms with E-state index in [0.29, 0.717) is 0 Å². The standard InChI is InChI=1S/C14H18BrN3/c1-2-3-14-17-9-11-18(14)10-8-16-13-6-4-12(15)5-7-13/h4-7,9,11,16H,2-3,8,10H2,1H3. The Bertz CT molecular complexity index is 476. The zero-order chi connectivity index (χ0) is 12.8. The van der Waals surface area contributed by atoms with Gasteiger partial charge in [0, 0.05) is 42.1 Å². The minimum atomic E-state index is 0.911. The number of imidazole rings is 1. The molecule has 1 N–H and O–H groups in total. The zero-order valence-electron chi connectivity index (χ0n) is 10.6. The second-order valence-electron chi connectivity index (χ2n) is 4.22. The molecule has 0 bridgehead atoms. The van der Waals surface area contributed by atoms with Gasteiger partial charge in [-0.1, -0.05) is 22.9 Å². The molecule has 0 atom stereocenters. The molecule has 0 amide bonds. The Hall–Kier alpha value is -1.29. The number of halogens is 1. The molecule has 2 aromatic rings. The van der Waals surface area contributed by atoms with Crippen molar-refractivity contribution in [3.63, 3.8) is 0 Å². The molecule has 3 nitrogen and oxygen atoms in total. The highest BCUT2D eigenvalue weighted by Crippen LogP contribution is 2.13. The van der Waals surface area contributed by atoms with Gasteiger partial charge in [-0.15, -0.1) is 0 Å². The Labute approximate surface area is 116 Å². The Morgan fingerprint density at radius 1 is 1.28 bits per heavy atom. The maximum atomic E-state index is 4.37. The monoisotopic (exact) mass is 307 g/mol. The van der Waals surface area contributed by atoms with Crippen LogP contribution in [0.1, 0.15) is 19.2 Å². The molecule has 0 spiro atoms. The van der Waals surface area contributed by atoms with Gasteiger partial charge in [0.2, 0.25) is 0 Å². The highest BCUT2D eigenvalue weighted by atomic mass is 79.9. The number of anilines is 1. The first kappa shape index (κ1) is 13.1. The van der Waals surface area contributed by atoms with Gasteiger partial charge < -0.3 is 9.88 Å². The number of nitrogens with one attached hydrogen (secondary N) is 1. The van der Waals surface area contributed by atoms with Gasteiger partial charge in [-0.25, -0.2) is 4.98 Å². The van der Waals surface area contributed by atoms with Crippen molar-refractivity contribution in [1.29, 1.82) is 0 Å². The Kier molecular flexibility index (Phi) is 4.81. The molecule has 1 heterocycles. The van der Waals surface area contributed by atoms with E-state index in [1.165, 1.54) is 5.82 Å². The highest BCUT2D eigenvalue weighted by Gasteiger charge is 2.00. The van der Waals surface area contributed by atoms with Gasteiger partial charge in [-0.2, -0.15) is 0 Å². The third-order valence-corrected chi connectivity index (χ3v) is 3.33. The van der Waals surface area contributed by atoms with E-state index in [1.807, 2.05) is 24.5 Å². The van der Waals surface area contributed by atoms with Crippen LogP contribution in [0.25, 0.3) is 0 Å². The third kappa shape index (κ3) is 3.60. The quantitative estimate of drug-likeness (QED) is 0.881. The molecular formula is C14H18BrN3. The van der Waals surface area contributed by atoms with Gasteiger partial charge in [0.1, 0.15) is 5.82 Å². The maximum Gasteiger partial charge on any atom is 0.108 e. The molecule has 1 aromatic heterocycles. The average molecular weight is 308 g/mol. The Balaban J connectivity index is 1.84. The first-order valence-corrected chi connectivity index (χ1v) is 7.08. The number of hydrogen-bond acceptors (Lipinski definition) is 2. The summed E-state index contributed by atoms with van der Waals surface area (Å²) in [4.78, 5) is 4.37. The van der Waals surface area contributed by atoms with E-state index >= 15 is 0 Å². The van der Waals surface area contributed by atoms with E-state index in [9.17, 15) is 0 Å². The molecule has 0 unspecified atom stereocenters. The molecule has 0 aliphatic rings. The molecule has 1 aromatic carbocycles. The van der Waals surface area contributed by atoms with Crippen LogP contribution in [0.4, 0.5) is 5.69 Å². The van der Waals surface area contributed by atoms with Crippen LogP contribution >= 0.6 is 15.9 Å². The van der Waals surface area contributed by atoms with E-state index < -0.39 is 0 Å². The second kappa shape index (κ2) is 6.59. The lowest BCUT2D eigenvalue weighted by Crippen LogP contribution is -2.12. The second-order valence-corrected chi connectivity index (χ2v) is 5.14. The summed E-state index contributed by atoms with van der Waals surface area (Å²) in [6.07, 6.45) is 6.11. The summed E-state index contributed by atoms with van der Waals surface area (Å²) in [7, 11) is 0.